The first kappa shape index (κ1) is 31.1. The van der Waals surface area contributed by atoms with E-state index in [2.05, 4.69) is 53.0 Å². The number of fused-ring (bicyclic) bond motifs is 12. The Labute approximate surface area is 285 Å². The number of aromatic nitrogens is 5. The molecule has 0 radical (unpaired) electrons. The predicted molar refractivity (Wildman–Crippen MR) is 192 cm³/mol. The van der Waals surface area contributed by atoms with Crippen molar-refractivity contribution in [2.75, 3.05) is 16.0 Å². The second-order valence-corrected chi connectivity index (χ2v) is 11.8. The molecule has 4 aromatic carbocycles. The van der Waals surface area contributed by atoms with Crippen LogP contribution >= 0.6 is 23.2 Å². The molecule has 0 fully saturated rings. The number of anilines is 5. The molecule has 2 aliphatic heterocycles. The summed E-state index contributed by atoms with van der Waals surface area (Å²) in [6, 6.07) is 34.3. The molecule has 0 aliphatic carbocycles. The maximum Gasteiger partial charge on any atom is 0.229 e. The molecule has 0 saturated heterocycles. The number of nitrogens with zero attached hydrogens (tertiary/aromatic N) is 4. The lowest BCUT2D eigenvalue weighted by Crippen LogP contribution is -2.10. The molecule has 48 heavy (non-hydrogen) atoms. The van der Waals surface area contributed by atoms with E-state index < -0.39 is 12.2 Å². The topological polar surface area (TPSA) is 144 Å². The average Bonchev–Trinajstić information content (AvgIpc) is 3.10. The molecule has 6 aromatic rings. The minimum atomic E-state index is -1.07. The molecular weight excluding hydrogens is 647 g/mol. The van der Waals surface area contributed by atoms with Crippen LogP contribution in [0.1, 0.15) is 29.2 Å². The van der Waals surface area contributed by atoms with Gasteiger partial charge in [0, 0.05) is 17.6 Å². The van der Waals surface area contributed by atoms with Crippen molar-refractivity contribution in [3.05, 3.63) is 144 Å². The molecule has 12 heteroatoms. The summed E-state index contributed by atoms with van der Waals surface area (Å²) in [6.45, 7) is 0. The SMILES string of the molecule is ClC1=CNc2nc3cccc(ccc4cccc(c4)nc1[nH]2)c3.O[C@@H]1c2cccc(c2)Nc2nc(ncc2Cl)Nc2cccc(c2)[C@@H]1O. The number of aliphatic hydroxyl groups is 2. The van der Waals surface area contributed by atoms with Gasteiger partial charge in [0.05, 0.1) is 22.3 Å². The van der Waals surface area contributed by atoms with Gasteiger partial charge in [-0.15, -0.1) is 0 Å². The molecule has 2 atom stereocenters. The van der Waals surface area contributed by atoms with Crippen molar-refractivity contribution in [1.82, 2.24) is 24.9 Å². The highest BCUT2D eigenvalue weighted by molar-refractivity contribution is 6.48. The summed E-state index contributed by atoms with van der Waals surface area (Å²) in [7, 11) is 0. The molecule has 238 valence electrons. The molecule has 2 aromatic heterocycles. The Morgan fingerprint density at radius 1 is 0.625 bits per heavy atom. The number of aromatic amines is 1. The molecule has 0 unspecified atom stereocenters. The molecular formula is C36H28Cl2N8O2. The van der Waals surface area contributed by atoms with Crippen molar-refractivity contribution in [2.45, 2.75) is 12.2 Å². The van der Waals surface area contributed by atoms with Gasteiger partial charge < -0.3 is 31.1 Å². The number of benzene rings is 4. The fraction of sp³-hybridized carbons (Fsp3) is 0.0556. The molecule has 10 nitrogen and oxygen atoms in total. The Bertz CT molecular complexity index is 2280. The maximum absolute atomic E-state index is 10.6. The predicted octanol–water partition coefficient (Wildman–Crippen LogP) is 8.46. The fourth-order valence-electron chi connectivity index (χ4n) is 5.14. The first-order valence-corrected chi connectivity index (χ1v) is 15.7. The van der Waals surface area contributed by atoms with Crippen LogP contribution in [-0.2, 0) is 0 Å². The van der Waals surface area contributed by atoms with Gasteiger partial charge in [-0.3, -0.25) is 0 Å². The van der Waals surface area contributed by atoms with E-state index in [-0.39, 0.29) is 0 Å². The maximum atomic E-state index is 10.6. The van der Waals surface area contributed by atoms with Gasteiger partial charge in [-0.1, -0.05) is 83.9 Å². The fourth-order valence-corrected chi connectivity index (χ4v) is 5.42. The van der Waals surface area contributed by atoms with E-state index >= 15 is 0 Å². The zero-order valence-electron chi connectivity index (χ0n) is 25.1. The van der Waals surface area contributed by atoms with Crippen molar-refractivity contribution < 1.29 is 10.2 Å². The molecule has 0 spiro atoms. The summed E-state index contributed by atoms with van der Waals surface area (Å²) in [5, 5.41) is 33.4. The lowest BCUT2D eigenvalue weighted by atomic mass is 9.97. The third-order valence-electron chi connectivity index (χ3n) is 7.51. The smallest absolute Gasteiger partial charge is 0.229 e. The minimum Gasteiger partial charge on any atom is -0.385 e. The summed E-state index contributed by atoms with van der Waals surface area (Å²) in [5.41, 5.74) is 4.24. The van der Waals surface area contributed by atoms with Crippen LogP contribution in [0.15, 0.2) is 122 Å². The van der Waals surface area contributed by atoms with Gasteiger partial charge >= 0.3 is 0 Å². The van der Waals surface area contributed by atoms with Gasteiger partial charge in [-0.05, 0) is 70.4 Å². The number of nitrogens with one attached hydrogen (secondary N) is 4. The van der Waals surface area contributed by atoms with Crippen LogP contribution in [0.3, 0.4) is 0 Å². The zero-order valence-corrected chi connectivity index (χ0v) is 26.7. The highest BCUT2D eigenvalue weighted by Gasteiger charge is 2.21. The molecule has 12 bridgehead atoms. The average molecular weight is 676 g/mol. The van der Waals surface area contributed by atoms with E-state index in [1.807, 2.05) is 60.7 Å². The van der Waals surface area contributed by atoms with Crippen molar-refractivity contribution in [3.63, 3.8) is 0 Å². The number of aliphatic hydroxyl groups excluding tert-OH is 2. The van der Waals surface area contributed by atoms with E-state index in [4.69, 9.17) is 23.2 Å². The van der Waals surface area contributed by atoms with Crippen LogP contribution < -0.4 is 16.0 Å². The lowest BCUT2D eigenvalue weighted by molar-refractivity contribution is 0.0173. The molecule has 8 rings (SSSR count). The number of hydrogen-bond donors (Lipinski definition) is 6. The number of hydrogen-bond acceptors (Lipinski definition) is 9. The highest BCUT2D eigenvalue weighted by atomic mass is 35.5. The van der Waals surface area contributed by atoms with Gasteiger partial charge in [-0.25, -0.2) is 15.0 Å². The van der Waals surface area contributed by atoms with E-state index in [9.17, 15) is 10.2 Å². The van der Waals surface area contributed by atoms with Gasteiger partial charge in [0.2, 0.25) is 11.9 Å². The Morgan fingerprint density at radius 3 is 1.90 bits per heavy atom. The summed E-state index contributed by atoms with van der Waals surface area (Å²) in [6.07, 6.45) is 1.06. The third-order valence-corrected chi connectivity index (χ3v) is 8.07. The Balaban J connectivity index is 0.000000152. The Kier molecular flexibility index (Phi) is 8.87. The highest BCUT2D eigenvalue weighted by Crippen LogP contribution is 2.33. The van der Waals surface area contributed by atoms with Gasteiger partial charge in [0.15, 0.2) is 11.6 Å². The van der Waals surface area contributed by atoms with E-state index in [1.54, 1.807) is 42.6 Å². The van der Waals surface area contributed by atoms with Crippen molar-refractivity contribution in [1.29, 1.82) is 0 Å². The van der Waals surface area contributed by atoms with Crippen LogP contribution in [0, 0.1) is 0 Å². The molecule has 2 aliphatic rings. The van der Waals surface area contributed by atoms with Crippen molar-refractivity contribution >= 4 is 79.1 Å². The van der Waals surface area contributed by atoms with Crippen LogP contribution in [0.5, 0.6) is 0 Å². The van der Waals surface area contributed by atoms with E-state index in [0.717, 1.165) is 21.8 Å². The number of halogens is 2. The summed E-state index contributed by atoms with van der Waals surface area (Å²) in [4.78, 5) is 20.8. The second-order valence-electron chi connectivity index (χ2n) is 11.0. The largest absolute Gasteiger partial charge is 0.385 e. The Hall–Kier alpha value is -5.52. The van der Waals surface area contributed by atoms with E-state index in [1.165, 1.54) is 6.20 Å². The molecule has 0 saturated carbocycles. The van der Waals surface area contributed by atoms with Crippen LogP contribution in [0.2, 0.25) is 5.02 Å². The quantitative estimate of drug-likeness (QED) is 0.0935. The lowest BCUT2D eigenvalue weighted by Gasteiger charge is -2.19. The number of rotatable bonds is 0. The molecule has 0 amide bonds. The monoisotopic (exact) mass is 674 g/mol. The summed E-state index contributed by atoms with van der Waals surface area (Å²) in [5.74, 6) is 1.97. The summed E-state index contributed by atoms with van der Waals surface area (Å²) < 4.78 is 0. The standard InChI is InChI=1S/C18H15ClN4O2.C18H13ClN4/c19-14-9-20-18-22-13-6-2-4-11(8-13)16(25)15(24)10-3-1-5-12(7-10)21-17(14)23-18;19-16-11-20-18-22-15-6-2-4-13(10-15)8-7-12-3-1-5-14(9-12)21-17(16)23-18/h1-9,15-16,24-25H,(H2,20,21,22,23);1-11H,(H2,20,21,22,23)/t15-,16+;/m1./s1. The van der Waals surface area contributed by atoms with Gasteiger partial charge in [-0.2, -0.15) is 4.98 Å². The van der Waals surface area contributed by atoms with Crippen LogP contribution in [-0.4, -0.2) is 35.1 Å². The Morgan fingerprint density at radius 2 is 1.23 bits per heavy atom. The van der Waals surface area contributed by atoms with Gasteiger partial charge in [0.25, 0.3) is 0 Å². The molecule has 4 heterocycles. The zero-order chi connectivity index (χ0) is 33.0. The van der Waals surface area contributed by atoms with Crippen LogP contribution in [0.4, 0.5) is 29.1 Å². The first-order valence-electron chi connectivity index (χ1n) is 14.9. The van der Waals surface area contributed by atoms with Crippen molar-refractivity contribution in [2.24, 2.45) is 0 Å². The van der Waals surface area contributed by atoms with Crippen LogP contribution in [0.25, 0.3) is 26.8 Å². The van der Waals surface area contributed by atoms with Gasteiger partial charge in [0.1, 0.15) is 17.2 Å². The third kappa shape index (κ3) is 7.22. The van der Waals surface area contributed by atoms with Crippen molar-refractivity contribution in [3.8, 4) is 0 Å². The van der Waals surface area contributed by atoms with E-state index in [0.29, 0.717) is 56.1 Å². The normalized spacial score (nSPS) is 15.7. The number of H-pyrrole nitrogens is 1. The summed E-state index contributed by atoms with van der Waals surface area (Å²) >= 11 is 12.4. The minimum absolute atomic E-state index is 0.370. The first-order chi connectivity index (χ1) is 23.4. The molecule has 6 N–H and O–H groups in total. The second kappa shape index (κ2) is 13.7.